The van der Waals surface area contributed by atoms with E-state index in [4.69, 9.17) is 9.97 Å². The molecule has 0 amide bonds. The lowest BCUT2D eigenvalue weighted by molar-refractivity contribution is 1.06. The highest BCUT2D eigenvalue weighted by Crippen LogP contribution is 2.52. The molecule has 0 unspecified atom stereocenters. The largest absolute Gasteiger partial charge is 0.309 e. The predicted octanol–water partition coefficient (Wildman–Crippen LogP) is 21.1. The van der Waals surface area contributed by atoms with Crippen LogP contribution >= 0.6 is 11.3 Å². The fraction of sp³-hybridized carbons (Fsp3) is 0.0244. The average molecular weight is 1180 g/mol. The number of hydrogen-bond acceptors (Lipinski definition) is 5. The molecule has 0 radical (unpaired) electrons. The van der Waals surface area contributed by atoms with Gasteiger partial charge in [-0.2, -0.15) is 10.5 Å². The number of nitriles is 2. The smallest absolute Gasteiger partial charge is 0.147 e. The van der Waals surface area contributed by atoms with Crippen molar-refractivity contribution in [3.05, 3.63) is 289 Å². The van der Waals surface area contributed by atoms with E-state index >= 15 is 0 Å². The molecule has 91 heavy (non-hydrogen) atoms. The molecule has 0 atom stereocenters. The number of thiazole rings is 1. The highest BCUT2D eigenvalue weighted by molar-refractivity contribution is 7.21. The van der Waals surface area contributed by atoms with E-state index in [0.29, 0.717) is 16.9 Å². The molecule has 0 aliphatic heterocycles. The summed E-state index contributed by atoms with van der Waals surface area (Å²) in [5.74, 6) is 0.707. The first-order valence-corrected chi connectivity index (χ1v) is 31.3. The number of rotatable bonds is 8. The third kappa shape index (κ3) is 7.92. The van der Waals surface area contributed by atoms with Gasteiger partial charge in [0.25, 0.3) is 0 Å². The monoisotopic (exact) mass is 1180 g/mol. The summed E-state index contributed by atoms with van der Waals surface area (Å²) in [5, 5.41) is 30.7. The van der Waals surface area contributed by atoms with Gasteiger partial charge in [-0.05, 0) is 146 Å². The lowest BCUT2D eigenvalue weighted by atomic mass is 9.88. The van der Waals surface area contributed by atoms with Gasteiger partial charge in [0.1, 0.15) is 10.8 Å². The molecule has 0 spiro atoms. The fourth-order valence-electron chi connectivity index (χ4n) is 14.4. The summed E-state index contributed by atoms with van der Waals surface area (Å²) < 4.78 is 10.6. The maximum atomic E-state index is 10.6. The van der Waals surface area contributed by atoms with Crippen LogP contribution in [0.15, 0.2) is 267 Å². The number of benzene rings is 12. The first-order valence-electron chi connectivity index (χ1n) is 30.5. The van der Waals surface area contributed by atoms with E-state index < -0.39 is 0 Å². The molecular formula is C82H50N8S. The Morgan fingerprint density at radius 3 is 1.30 bits per heavy atom. The van der Waals surface area contributed by atoms with Gasteiger partial charge in [0.15, 0.2) is 0 Å². The second kappa shape index (κ2) is 20.2. The normalized spacial score (nSPS) is 11.8. The van der Waals surface area contributed by atoms with Gasteiger partial charge in [-0.15, -0.1) is 11.3 Å². The van der Waals surface area contributed by atoms with Gasteiger partial charge in [0.05, 0.1) is 89.0 Å². The highest BCUT2D eigenvalue weighted by Gasteiger charge is 2.32. The van der Waals surface area contributed by atoms with Crippen LogP contribution in [0.3, 0.4) is 0 Å². The average Bonchev–Trinajstić information content (AvgIpc) is 1.70. The second-order valence-electron chi connectivity index (χ2n) is 23.6. The van der Waals surface area contributed by atoms with Crippen molar-refractivity contribution in [2.45, 2.75) is 13.8 Å². The van der Waals surface area contributed by atoms with Gasteiger partial charge in [-0.1, -0.05) is 157 Å². The van der Waals surface area contributed by atoms with Gasteiger partial charge < -0.3 is 13.7 Å². The van der Waals surface area contributed by atoms with Crippen LogP contribution in [0.5, 0.6) is 0 Å². The van der Waals surface area contributed by atoms with E-state index in [2.05, 4.69) is 287 Å². The second-order valence-corrected chi connectivity index (χ2v) is 24.7. The van der Waals surface area contributed by atoms with Crippen molar-refractivity contribution >= 4 is 109 Å². The Balaban J connectivity index is 1.03. The summed E-state index contributed by atoms with van der Waals surface area (Å²) in [6.45, 7) is 4.31. The van der Waals surface area contributed by atoms with Gasteiger partial charge in [0.2, 0.25) is 0 Å². The molecule has 0 saturated carbocycles. The lowest BCUT2D eigenvalue weighted by Gasteiger charge is -2.26. The Morgan fingerprint density at radius 2 is 0.758 bits per heavy atom. The number of fused-ring (bicyclic) bond motifs is 13. The van der Waals surface area contributed by atoms with E-state index in [1.807, 2.05) is 24.3 Å². The molecular weight excluding hydrogens is 1130 g/mol. The number of nitrogens with zero attached hydrogens (tertiary/aromatic N) is 8. The molecule has 8 nitrogen and oxygen atoms in total. The third-order valence-corrected chi connectivity index (χ3v) is 19.5. The van der Waals surface area contributed by atoms with Crippen molar-refractivity contribution in [3.8, 4) is 79.1 Å². The van der Waals surface area contributed by atoms with Crippen LogP contribution in [-0.2, 0) is 0 Å². The van der Waals surface area contributed by atoms with Crippen molar-refractivity contribution in [2.24, 2.45) is 0 Å². The van der Waals surface area contributed by atoms with E-state index in [9.17, 15) is 10.5 Å². The Hall–Kier alpha value is -12.1. The minimum Gasteiger partial charge on any atom is -0.309 e. The molecule has 6 heterocycles. The summed E-state index contributed by atoms with van der Waals surface area (Å²) in [4.78, 5) is 11.7. The maximum absolute atomic E-state index is 10.6. The molecule has 0 saturated heterocycles. The summed E-state index contributed by atoms with van der Waals surface area (Å²) in [6.07, 6.45) is 0. The van der Waals surface area contributed by atoms with Crippen molar-refractivity contribution in [1.29, 1.82) is 10.5 Å². The van der Waals surface area contributed by atoms with E-state index in [1.165, 1.54) is 32.7 Å². The summed E-state index contributed by atoms with van der Waals surface area (Å²) in [5.41, 5.74) is 22.0. The van der Waals surface area contributed by atoms with E-state index in [0.717, 1.165) is 137 Å². The molecule has 12 aromatic carbocycles. The van der Waals surface area contributed by atoms with Gasteiger partial charge >= 0.3 is 0 Å². The Kier molecular flexibility index (Phi) is 11.6. The van der Waals surface area contributed by atoms with Crippen molar-refractivity contribution in [1.82, 2.24) is 28.2 Å². The first-order chi connectivity index (χ1) is 44.9. The van der Waals surface area contributed by atoms with Crippen molar-refractivity contribution in [3.63, 3.8) is 0 Å². The van der Waals surface area contributed by atoms with E-state index in [1.54, 1.807) is 11.3 Å². The zero-order chi connectivity index (χ0) is 60.6. The molecule has 0 aliphatic carbocycles. The highest BCUT2D eigenvalue weighted by atomic mass is 32.1. The van der Waals surface area contributed by atoms with Crippen LogP contribution in [-0.4, -0.2) is 28.2 Å². The number of aryl methyl sites for hydroxylation is 2. The molecule has 6 aromatic heterocycles. The molecule has 18 rings (SSSR count). The lowest BCUT2D eigenvalue weighted by Crippen LogP contribution is -2.10. The minimum absolute atomic E-state index is 0.574. The number of hydrogen-bond donors (Lipinski definition) is 0. The summed E-state index contributed by atoms with van der Waals surface area (Å²) in [7, 11) is 0. The van der Waals surface area contributed by atoms with Crippen LogP contribution in [0.25, 0.3) is 164 Å². The molecule has 9 heteroatoms. The molecule has 0 bridgehead atoms. The van der Waals surface area contributed by atoms with Crippen LogP contribution in [0.4, 0.5) is 0 Å². The zero-order valence-electron chi connectivity index (χ0n) is 49.4. The number of pyridine rings is 1. The molecule has 18 aromatic rings. The topological polar surface area (TPSA) is 93.1 Å². The number of para-hydroxylation sites is 5. The minimum atomic E-state index is 0.574. The third-order valence-electron chi connectivity index (χ3n) is 18.4. The quantitative estimate of drug-likeness (QED) is 0.151. The molecule has 0 aliphatic rings. The molecule has 424 valence electrons. The zero-order valence-corrected chi connectivity index (χ0v) is 50.2. The Morgan fingerprint density at radius 1 is 0.341 bits per heavy atom. The van der Waals surface area contributed by atoms with Gasteiger partial charge in [-0.3, -0.25) is 4.57 Å². The van der Waals surface area contributed by atoms with Crippen LogP contribution < -0.4 is 0 Å². The Bertz CT molecular complexity index is 6160. The van der Waals surface area contributed by atoms with Gasteiger partial charge in [-0.25, -0.2) is 9.97 Å². The number of aromatic nitrogens is 6. The maximum Gasteiger partial charge on any atom is 0.147 e. The summed E-state index contributed by atoms with van der Waals surface area (Å²) in [6, 6.07) is 99.9. The standard InChI is InChI=1S/C82H50N8S/c1-49-27-39-72-63(43-49)57-15-5-10-22-68(57)87(72)55-35-31-53(32-36-55)77-78(61-19-3-4-20-62(61)82-85-67-21-9-14-26-76(67)91-82)80(89-70-24-12-7-17-59(70)65-45-51(47-83)29-41-74(65)89)79(86-81(77)90-71-25-13-8-18-60(71)66-46-52(48-84)30-42-75(66)90)54-33-37-56(38-34-54)88-69-23-11-6-16-58(69)64-44-50(2)28-40-73(64)88/h3-46H,1-2H3. The van der Waals surface area contributed by atoms with E-state index in [-0.39, 0.29) is 0 Å². The van der Waals surface area contributed by atoms with Crippen LogP contribution in [0.1, 0.15) is 22.3 Å². The predicted molar refractivity (Wildman–Crippen MR) is 375 cm³/mol. The fourth-order valence-corrected chi connectivity index (χ4v) is 15.4. The van der Waals surface area contributed by atoms with Gasteiger partial charge in [0, 0.05) is 76.7 Å². The molecule has 0 N–H and O–H groups in total. The summed E-state index contributed by atoms with van der Waals surface area (Å²) >= 11 is 1.69. The molecule has 0 fully saturated rings. The first kappa shape index (κ1) is 52.0. The van der Waals surface area contributed by atoms with Crippen molar-refractivity contribution in [2.75, 3.05) is 0 Å². The van der Waals surface area contributed by atoms with Crippen LogP contribution in [0.2, 0.25) is 0 Å². The van der Waals surface area contributed by atoms with Crippen LogP contribution in [0, 0.1) is 36.5 Å². The van der Waals surface area contributed by atoms with Crippen molar-refractivity contribution < 1.29 is 0 Å². The Labute approximate surface area is 526 Å². The SMILES string of the molecule is Cc1ccc2c(c1)c1ccccc1n2-c1ccc(-c2nc(-n3c4ccccc4c4cc(C#N)ccc43)c(-c3ccc(-n4c5ccccc5c5cc(C)ccc54)cc3)c(-c3ccccc3-c3nc4ccccc4s3)c2-n2c3ccccc3c3cc(C#N)ccc32)cc1.